The van der Waals surface area contributed by atoms with E-state index < -0.39 is 0 Å². The molecule has 0 amide bonds. The molecule has 1 saturated heterocycles. The van der Waals surface area contributed by atoms with E-state index in [4.69, 9.17) is 9.47 Å². The molecule has 2 atom stereocenters. The summed E-state index contributed by atoms with van der Waals surface area (Å²) in [5.74, 6) is -0.288. The molecule has 2 aromatic rings. The van der Waals surface area contributed by atoms with Gasteiger partial charge in [-0.05, 0) is 54.7 Å². The number of piperazine rings is 1. The molecule has 0 saturated carbocycles. The quantitative estimate of drug-likeness (QED) is 0.632. The number of rotatable bonds is 6. The molecule has 5 nitrogen and oxygen atoms in total. The number of carbonyl (C=O) groups excluding carboxylic acids is 1. The van der Waals surface area contributed by atoms with Crippen molar-refractivity contribution in [2.75, 3.05) is 33.4 Å². The normalized spacial score (nSPS) is 22.4. The first-order valence-corrected chi connectivity index (χ1v) is 11.5. The van der Waals surface area contributed by atoms with Crippen LogP contribution in [0, 0.1) is 0 Å². The van der Waals surface area contributed by atoms with Gasteiger partial charge in [-0.25, -0.2) is 4.79 Å². The van der Waals surface area contributed by atoms with Gasteiger partial charge in [0.15, 0.2) is 0 Å². The number of hydrogen-bond donors (Lipinski definition) is 0. The fourth-order valence-corrected chi connectivity index (χ4v) is 4.85. The van der Waals surface area contributed by atoms with E-state index in [-0.39, 0.29) is 5.97 Å². The van der Waals surface area contributed by atoms with Crippen LogP contribution >= 0.6 is 0 Å². The molecule has 170 valence electrons. The Hall–Kier alpha value is -2.47. The maximum absolute atomic E-state index is 11.7. The van der Waals surface area contributed by atoms with Crippen LogP contribution in [0.3, 0.4) is 0 Å². The van der Waals surface area contributed by atoms with E-state index in [1.54, 1.807) is 0 Å². The minimum absolute atomic E-state index is 0.288. The molecule has 0 aliphatic carbocycles. The van der Waals surface area contributed by atoms with Crippen LogP contribution in [-0.4, -0.2) is 61.3 Å². The molecule has 4 rings (SSSR count). The highest BCUT2D eigenvalue weighted by atomic mass is 16.5. The number of esters is 1. The summed E-state index contributed by atoms with van der Waals surface area (Å²) in [5.41, 5.74) is 5.91. The van der Waals surface area contributed by atoms with Crippen molar-refractivity contribution in [3.8, 4) is 0 Å². The standard InChI is InChI=1S/C27H34N2O3/c1-20-16-28(18-22-4-8-24(9-5-22)25-12-14-32-15-13-25)17-21(2)29(20)19-23-6-10-26(11-7-23)27(30)31-3/h4-12,20-21H,13-19H2,1-3H3/t20-,21+. The second-order valence-corrected chi connectivity index (χ2v) is 9.00. The summed E-state index contributed by atoms with van der Waals surface area (Å²) in [6.45, 7) is 10.2. The van der Waals surface area contributed by atoms with Crippen molar-refractivity contribution >= 4 is 11.5 Å². The van der Waals surface area contributed by atoms with Gasteiger partial charge < -0.3 is 9.47 Å². The highest BCUT2D eigenvalue weighted by molar-refractivity contribution is 5.89. The first-order valence-electron chi connectivity index (χ1n) is 11.5. The van der Waals surface area contributed by atoms with E-state index in [2.05, 4.69) is 54.0 Å². The molecule has 1 fully saturated rings. The molecule has 0 N–H and O–H groups in total. The van der Waals surface area contributed by atoms with Gasteiger partial charge in [0.05, 0.1) is 25.9 Å². The molecule has 2 aliphatic heterocycles. The third kappa shape index (κ3) is 5.47. The Morgan fingerprint density at radius 3 is 2.19 bits per heavy atom. The van der Waals surface area contributed by atoms with Gasteiger partial charge in [0.1, 0.15) is 0 Å². The molecule has 2 aromatic carbocycles. The monoisotopic (exact) mass is 434 g/mol. The summed E-state index contributed by atoms with van der Waals surface area (Å²) in [6.07, 6.45) is 3.20. The van der Waals surface area contributed by atoms with Gasteiger partial charge in [0, 0.05) is 38.3 Å². The van der Waals surface area contributed by atoms with Gasteiger partial charge in [0.2, 0.25) is 0 Å². The van der Waals surface area contributed by atoms with Crippen LogP contribution in [0.25, 0.3) is 5.57 Å². The van der Waals surface area contributed by atoms with Crippen LogP contribution in [0.5, 0.6) is 0 Å². The molecule has 2 aliphatic rings. The van der Waals surface area contributed by atoms with Crippen LogP contribution < -0.4 is 0 Å². The van der Waals surface area contributed by atoms with Crippen molar-refractivity contribution in [3.05, 3.63) is 76.9 Å². The topological polar surface area (TPSA) is 42.0 Å². The lowest BCUT2D eigenvalue weighted by atomic mass is 9.99. The van der Waals surface area contributed by atoms with Gasteiger partial charge in [-0.15, -0.1) is 0 Å². The van der Waals surface area contributed by atoms with Crippen molar-refractivity contribution in [1.29, 1.82) is 0 Å². The summed E-state index contributed by atoms with van der Waals surface area (Å²) in [5, 5.41) is 0. The Bertz CT molecular complexity index is 924. The van der Waals surface area contributed by atoms with E-state index in [1.807, 2.05) is 24.3 Å². The number of ether oxygens (including phenoxy) is 2. The number of benzene rings is 2. The summed E-state index contributed by atoms with van der Waals surface area (Å²) >= 11 is 0. The zero-order chi connectivity index (χ0) is 22.5. The summed E-state index contributed by atoms with van der Waals surface area (Å²) in [7, 11) is 1.41. The number of hydrogen-bond acceptors (Lipinski definition) is 5. The molecular formula is C27H34N2O3. The van der Waals surface area contributed by atoms with Crippen molar-refractivity contribution < 1.29 is 14.3 Å². The number of carbonyl (C=O) groups is 1. The van der Waals surface area contributed by atoms with Gasteiger partial charge in [-0.1, -0.05) is 42.5 Å². The zero-order valence-electron chi connectivity index (χ0n) is 19.4. The third-order valence-corrected chi connectivity index (χ3v) is 6.61. The first-order chi connectivity index (χ1) is 15.5. The van der Waals surface area contributed by atoms with Gasteiger partial charge in [0.25, 0.3) is 0 Å². The lowest BCUT2D eigenvalue weighted by Gasteiger charge is -2.44. The molecule has 5 heteroatoms. The Labute approximate surface area is 191 Å². The van der Waals surface area contributed by atoms with Crippen molar-refractivity contribution in [1.82, 2.24) is 9.80 Å². The van der Waals surface area contributed by atoms with E-state index in [0.29, 0.717) is 17.6 Å². The van der Waals surface area contributed by atoms with Crippen LogP contribution in [0.1, 0.15) is 47.3 Å². The molecule has 32 heavy (non-hydrogen) atoms. The summed E-state index contributed by atoms with van der Waals surface area (Å²) < 4.78 is 10.2. The smallest absolute Gasteiger partial charge is 0.337 e. The van der Waals surface area contributed by atoms with Crippen LogP contribution in [0.15, 0.2) is 54.6 Å². The van der Waals surface area contributed by atoms with Crippen molar-refractivity contribution in [2.24, 2.45) is 0 Å². The Morgan fingerprint density at radius 2 is 1.59 bits per heavy atom. The van der Waals surface area contributed by atoms with E-state index in [0.717, 1.165) is 45.8 Å². The summed E-state index contributed by atoms with van der Waals surface area (Å²) in [4.78, 5) is 16.8. The van der Waals surface area contributed by atoms with E-state index in [1.165, 1.54) is 29.4 Å². The maximum atomic E-state index is 11.7. The fraction of sp³-hybridized carbons (Fsp3) is 0.444. The minimum Gasteiger partial charge on any atom is -0.465 e. The second kappa shape index (κ2) is 10.4. The fourth-order valence-electron chi connectivity index (χ4n) is 4.85. The highest BCUT2D eigenvalue weighted by Crippen LogP contribution is 2.24. The number of methoxy groups -OCH3 is 1. The molecule has 0 unspecified atom stereocenters. The second-order valence-electron chi connectivity index (χ2n) is 9.00. The molecule has 0 aromatic heterocycles. The molecule has 0 radical (unpaired) electrons. The highest BCUT2D eigenvalue weighted by Gasteiger charge is 2.29. The first kappa shape index (κ1) is 22.7. The summed E-state index contributed by atoms with van der Waals surface area (Å²) in [6, 6.07) is 17.8. The van der Waals surface area contributed by atoms with Gasteiger partial charge in [-0.3, -0.25) is 9.80 Å². The van der Waals surface area contributed by atoms with Crippen LogP contribution in [-0.2, 0) is 22.6 Å². The minimum atomic E-state index is -0.288. The Kier molecular flexibility index (Phi) is 7.40. The van der Waals surface area contributed by atoms with Crippen molar-refractivity contribution in [2.45, 2.75) is 45.4 Å². The molecule has 2 heterocycles. The molecule has 0 spiro atoms. The predicted octanol–water partition coefficient (Wildman–Crippen LogP) is 4.37. The Morgan fingerprint density at radius 1 is 0.969 bits per heavy atom. The van der Waals surface area contributed by atoms with E-state index in [9.17, 15) is 4.79 Å². The molecule has 0 bridgehead atoms. The maximum Gasteiger partial charge on any atom is 0.337 e. The van der Waals surface area contributed by atoms with E-state index >= 15 is 0 Å². The lowest BCUT2D eigenvalue weighted by Crippen LogP contribution is -2.55. The van der Waals surface area contributed by atoms with Gasteiger partial charge >= 0.3 is 5.97 Å². The SMILES string of the molecule is COC(=O)c1ccc(CN2[C@H](C)CN(Cc3ccc(C4=CCOCC4)cc3)C[C@@H]2C)cc1. The van der Waals surface area contributed by atoms with Crippen molar-refractivity contribution in [3.63, 3.8) is 0 Å². The van der Waals surface area contributed by atoms with Gasteiger partial charge in [-0.2, -0.15) is 0 Å². The number of nitrogens with zero attached hydrogens (tertiary/aromatic N) is 2. The molecular weight excluding hydrogens is 400 g/mol. The largest absolute Gasteiger partial charge is 0.465 e. The Balaban J connectivity index is 1.33. The lowest BCUT2D eigenvalue weighted by molar-refractivity contribution is 0.0290. The third-order valence-electron chi connectivity index (χ3n) is 6.61. The predicted molar refractivity (Wildman–Crippen MR) is 127 cm³/mol. The zero-order valence-corrected chi connectivity index (χ0v) is 19.4. The van der Waals surface area contributed by atoms with Crippen LogP contribution in [0.4, 0.5) is 0 Å². The van der Waals surface area contributed by atoms with Crippen LogP contribution in [0.2, 0.25) is 0 Å². The average molecular weight is 435 g/mol. The average Bonchev–Trinajstić information content (AvgIpc) is 2.82.